The predicted octanol–water partition coefficient (Wildman–Crippen LogP) is 7.68. The number of hydrogen-bond acceptors (Lipinski definition) is 2. The van der Waals surface area contributed by atoms with Crippen LogP contribution in [0.4, 0.5) is 35.1 Å². The molecule has 4 rings (SSSR count). The summed E-state index contributed by atoms with van der Waals surface area (Å²) >= 11 is 0. The molecule has 1 heterocycles. The van der Waals surface area contributed by atoms with Gasteiger partial charge in [0.25, 0.3) is 6.29 Å². The third kappa shape index (κ3) is 5.94. The van der Waals surface area contributed by atoms with E-state index in [0.717, 1.165) is 31.4 Å². The second kappa shape index (κ2) is 11.3. The van der Waals surface area contributed by atoms with E-state index < -0.39 is 69.7 Å². The Morgan fingerprint density at radius 3 is 2.11 bits per heavy atom. The minimum Gasteiger partial charge on any atom is -0.429 e. The summed E-state index contributed by atoms with van der Waals surface area (Å²) in [7, 11) is 0. The van der Waals surface area contributed by atoms with Gasteiger partial charge in [0.05, 0.1) is 18.1 Å². The van der Waals surface area contributed by atoms with E-state index in [-0.39, 0.29) is 11.5 Å². The fourth-order valence-corrected chi connectivity index (χ4v) is 4.16. The van der Waals surface area contributed by atoms with Crippen molar-refractivity contribution in [3.8, 4) is 16.9 Å². The van der Waals surface area contributed by atoms with E-state index in [1.807, 2.05) is 6.92 Å². The van der Waals surface area contributed by atoms with Crippen LogP contribution < -0.4 is 4.74 Å². The first kappa shape index (κ1) is 27.8. The monoisotopic (exact) mass is 547 g/mol. The summed E-state index contributed by atoms with van der Waals surface area (Å²) in [5.74, 6) is -10.1. The number of unbranched alkanes of at least 4 members (excludes halogenated alkanes) is 1. The van der Waals surface area contributed by atoms with Crippen molar-refractivity contribution in [2.45, 2.75) is 38.6 Å². The first-order valence-corrected chi connectivity index (χ1v) is 11.8. The number of halogens is 8. The number of alkyl halides is 2. The summed E-state index contributed by atoms with van der Waals surface area (Å²) in [5.41, 5.74) is -2.64. The number of ether oxygens (including phenoxy) is 3. The van der Waals surface area contributed by atoms with Gasteiger partial charge >= 0.3 is 6.11 Å². The average molecular weight is 547 g/mol. The van der Waals surface area contributed by atoms with E-state index in [1.54, 1.807) is 0 Å². The fraction of sp³-hybridized carbons (Fsp3) is 0.333. The van der Waals surface area contributed by atoms with Crippen molar-refractivity contribution in [2.24, 2.45) is 5.92 Å². The maximum atomic E-state index is 14.8. The van der Waals surface area contributed by atoms with E-state index >= 15 is 0 Å². The highest BCUT2D eigenvalue weighted by atomic mass is 19.3. The molecule has 3 aromatic carbocycles. The molecule has 0 bridgehead atoms. The Labute approximate surface area is 212 Å². The van der Waals surface area contributed by atoms with E-state index in [4.69, 9.17) is 4.74 Å². The molecule has 2 unspecified atom stereocenters. The van der Waals surface area contributed by atoms with Crippen LogP contribution in [0.5, 0.6) is 5.75 Å². The van der Waals surface area contributed by atoms with Crippen molar-refractivity contribution in [2.75, 3.05) is 13.2 Å². The van der Waals surface area contributed by atoms with Gasteiger partial charge in [-0.05, 0) is 48.4 Å². The zero-order valence-electron chi connectivity index (χ0n) is 20.0. The summed E-state index contributed by atoms with van der Waals surface area (Å²) in [6, 6.07) is 4.49. The van der Waals surface area contributed by atoms with Crippen molar-refractivity contribution < 1.29 is 49.3 Å². The lowest BCUT2D eigenvalue weighted by Gasteiger charge is -2.26. The fourth-order valence-electron chi connectivity index (χ4n) is 4.16. The summed E-state index contributed by atoms with van der Waals surface area (Å²) < 4.78 is 128. The van der Waals surface area contributed by atoms with Gasteiger partial charge in [-0.1, -0.05) is 19.8 Å². The molecule has 0 spiro atoms. The minimum atomic E-state index is -4.56. The first-order chi connectivity index (χ1) is 18.0. The van der Waals surface area contributed by atoms with Crippen LogP contribution in [0.1, 0.15) is 43.6 Å². The van der Waals surface area contributed by atoms with E-state index in [1.165, 1.54) is 0 Å². The SMILES string of the molecule is CCCCC1COC(c2cc(F)c(C(F)(F)Oc3ccc(-c4cc(F)c(F)c(F)c4)c(F)c3)c(F)c2)[OH+]C1. The molecule has 204 valence electrons. The van der Waals surface area contributed by atoms with E-state index in [9.17, 15) is 35.1 Å². The van der Waals surface area contributed by atoms with Gasteiger partial charge in [-0.2, -0.15) is 8.78 Å². The Bertz CT molecular complexity index is 1260. The molecule has 38 heavy (non-hydrogen) atoms. The number of hydrogen-bond donors (Lipinski definition) is 0. The zero-order chi connectivity index (χ0) is 27.6. The van der Waals surface area contributed by atoms with Crippen molar-refractivity contribution in [3.63, 3.8) is 0 Å². The van der Waals surface area contributed by atoms with Gasteiger partial charge in [0.1, 0.15) is 28.8 Å². The molecule has 1 fully saturated rings. The van der Waals surface area contributed by atoms with Crippen molar-refractivity contribution in [1.82, 2.24) is 0 Å². The van der Waals surface area contributed by atoms with Gasteiger partial charge in [-0.25, -0.2) is 26.3 Å². The maximum Gasteiger partial charge on any atom is 0.432 e. The summed E-state index contributed by atoms with van der Waals surface area (Å²) in [5, 5.41) is 0. The Morgan fingerprint density at radius 2 is 1.55 bits per heavy atom. The number of rotatable bonds is 8. The Morgan fingerprint density at radius 1 is 0.895 bits per heavy atom. The number of benzene rings is 3. The second-order valence-electron chi connectivity index (χ2n) is 8.93. The topological polar surface area (TPSA) is 31.3 Å². The molecule has 0 aliphatic carbocycles. The smallest absolute Gasteiger partial charge is 0.429 e. The Balaban J connectivity index is 1.52. The van der Waals surface area contributed by atoms with Crippen LogP contribution in [0.25, 0.3) is 11.1 Å². The highest BCUT2D eigenvalue weighted by molar-refractivity contribution is 5.65. The van der Waals surface area contributed by atoms with Crippen molar-refractivity contribution in [1.29, 1.82) is 0 Å². The van der Waals surface area contributed by atoms with Crippen molar-refractivity contribution >= 4 is 0 Å². The largest absolute Gasteiger partial charge is 0.432 e. The summed E-state index contributed by atoms with van der Waals surface area (Å²) in [6.07, 6.45) is -2.71. The molecule has 0 saturated carbocycles. The zero-order valence-corrected chi connectivity index (χ0v) is 20.0. The molecule has 0 amide bonds. The van der Waals surface area contributed by atoms with Crippen LogP contribution in [0.2, 0.25) is 0 Å². The van der Waals surface area contributed by atoms with Crippen LogP contribution in [-0.2, 0) is 10.8 Å². The summed E-state index contributed by atoms with van der Waals surface area (Å²) in [4.78, 5) is 0. The third-order valence-corrected chi connectivity index (χ3v) is 6.11. The van der Waals surface area contributed by atoms with E-state index in [2.05, 4.69) is 9.47 Å². The van der Waals surface area contributed by atoms with Crippen molar-refractivity contribution in [3.05, 3.63) is 88.5 Å². The van der Waals surface area contributed by atoms with Gasteiger partial charge in [0, 0.05) is 11.6 Å². The highest BCUT2D eigenvalue weighted by Crippen LogP contribution is 2.38. The molecule has 0 aromatic heterocycles. The van der Waals surface area contributed by atoms with Gasteiger partial charge in [0.15, 0.2) is 24.1 Å². The number of aliphatic hydroxyl groups is 2. The second-order valence-corrected chi connectivity index (χ2v) is 8.93. The van der Waals surface area contributed by atoms with Crippen LogP contribution >= 0.6 is 0 Å². The van der Waals surface area contributed by atoms with Gasteiger partial charge in [-0.15, -0.1) is 0 Å². The summed E-state index contributed by atoms with van der Waals surface area (Å²) in [6.45, 7) is 2.77. The molecule has 0 radical (unpaired) electrons. The van der Waals surface area contributed by atoms with Gasteiger partial charge in [-0.3, -0.25) is 0 Å². The molecular formula is C27H23F8O3+. The Hall–Kier alpha value is -3.18. The molecular weight excluding hydrogens is 524 g/mol. The van der Waals surface area contributed by atoms with Gasteiger partial charge in [0.2, 0.25) is 0 Å². The minimum absolute atomic E-state index is 0.0809. The predicted molar refractivity (Wildman–Crippen MR) is 121 cm³/mol. The maximum absolute atomic E-state index is 14.8. The first-order valence-electron chi connectivity index (χ1n) is 11.8. The molecule has 1 aliphatic heterocycles. The van der Waals surface area contributed by atoms with Crippen LogP contribution in [0, 0.1) is 40.8 Å². The highest BCUT2D eigenvalue weighted by Gasteiger charge is 2.42. The molecule has 1 saturated heterocycles. The standard InChI is InChI=1S/C27H22F8O3/c1-2-3-4-14-12-36-26(37-13-14)16-9-20(29)24(21(30)10-16)27(34,35)38-17-5-6-18(19(28)11-17)15-7-22(31)25(33)23(32)8-15/h5-11,14,26H,2-4,12-13H2,1H3/p+1. The third-order valence-electron chi connectivity index (χ3n) is 6.11. The average Bonchev–Trinajstić information content (AvgIpc) is 2.85. The van der Waals surface area contributed by atoms with Crippen LogP contribution in [0.15, 0.2) is 42.5 Å². The quantitative estimate of drug-likeness (QED) is 0.165. The lowest BCUT2D eigenvalue weighted by Crippen LogP contribution is -2.31. The lowest BCUT2D eigenvalue weighted by molar-refractivity contribution is -0.295. The Kier molecular flexibility index (Phi) is 8.27. The molecule has 3 aromatic rings. The van der Waals surface area contributed by atoms with Crippen LogP contribution in [-0.4, -0.2) is 18.0 Å². The van der Waals surface area contributed by atoms with E-state index in [0.29, 0.717) is 43.5 Å². The lowest BCUT2D eigenvalue weighted by atomic mass is 10.0. The molecule has 1 N–H and O–H groups in total. The van der Waals surface area contributed by atoms with Gasteiger partial charge < -0.3 is 14.2 Å². The molecule has 11 heteroatoms. The molecule has 1 aliphatic rings. The van der Waals surface area contributed by atoms with Crippen LogP contribution in [0.3, 0.4) is 0 Å². The molecule has 3 nitrogen and oxygen atoms in total. The normalized spacial score (nSPS) is 18.0. The molecule has 2 atom stereocenters.